The molecule has 0 bridgehead atoms. The second-order valence-electron chi connectivity index (χ2n) is 10.2. The molecule has 3 aromatic carbocycles. The molecule has 3 aromatic rings. The summed E-state index contributed by atoms with van der Waals surface area (Å²) in [6, 6.07) is 19.4. The van der Waals surface area contributed by atoms with Gasteiger partial charge in [-0.1, -0.05) is 87.2 Å². The van der Waals surface area contributed by atoms with Gasteiger partial charge >= 0.3 is 0 Å². The quantitative estimate of drug-likeness (QED) is 0.139. The molecule has 0 saturated carbocycles. The average molecular weight is 512 g/mol. The van der Waals surface area contributed by atoms with E-state index in [1.54, 1.807) is 18.2 Å². The molecule has 0 saturated heterocycles. The van der Waals surface area contributed by atoms with E-state index in [1.165, 1.54) is 67.1 Å². The summed E-state index contributed by atoms with van der Waals surface area (Å²) in [6.07, 6.45) is 3.12. The smallest absolute Gasteiger partial charge is 0.120 e. The van der Waals surface area contributed by atoms with Gasteiger partial charge in [0.25, 0.3) is 0 Å². The monoisotopic (exact) mass is 511 g/mol. The van der Waals surface area contributed by atoms with Gasteiger partial charge in [-0.05, 0) is 45.9 Å². The molecule has 37 heavy (non-hydrogen) atoms. The molecule has 0 fully saturated rings. The van der Waals surface area contributed by atoms with Gasteiger partial charge in [-0.15, -0.1) is 0 Å². The number of quaternary nitrogens is 1. The summed E-state index contributed by atoms with van der Waals surface area (Å²) in [5.41, 5.74) is 2.31. The Hall–Kier alpha value is -2.53. The molecule has 0 aromatic heterocycles. The Morgan fingerprint density at radius 3 is 1.19 bits per heavy atom. The van der Waals surface area contributed by atoms with E-state index in [0.29, 0.717) is 6.32 Å². The highest BCUT2D eigenvalue weighted by molar-refractivity contribution is 7.11. The molecule has 0 N–H and O–H groups in total. The number of hydrogen-bond donors (Lipinski definition) is 0. The molecular formula is C32H45BF3N. The summed E-state index contributed by atoms with van der Waals surface area (Å²) in [4.78, 5) is 0. The topological polar surface area (TPSA) is 0 Å². The van der Waals surface area contributed by atoms with Crippen molar-refractivity contribution in [3.63, 3.8) is 0 Å². The average Bonchev–Trinajstić information content (AvgIpc) is 2.91. The van der Waals surface area contributed by atoms with Gasteiger partial charge in [-0.2, -0.15) is 22.7 Å². The molecule has 0 unspecified atom stereocenters. The minimum atomic E-state index is -1.71. The van der Waals surface area contributed by atoms with E-state index in [4.69, 9.17) is 0 Å². The highest BCUT2D eigenvalue weighted by atomic mass is 19.1. The fourth-order valence-electron chi connectivity index (χ4n) is 5.74. The maximum atomic E-state index is 14.2. The predicted molar refractivity (Wildman–Crippen MR) is 155 cm³/mol. The molecule has 1 nitrogen and oxygen atoms in total. The zero-order valence-electron chi connectivity index (χ0n) is 23.5. The minimum Gasteiger partial charge on any atom is -0.325 e. The van der Waals surface area contributed by atoms with E-state index in [0.717, 1.165) is 42.1 Å². The molecule has 0 radical (unpaired) electrons. The Balaban J connectivity index is 0.000000458. The normalized spacial score (nSPS) is 11.7. The van der Waals surface area contributed by atoms with Crippen LogP contribution in [0.3, 0.4) is 0 Å². The highest BCUT2D eigenvalue weighted by Gasteiger charge is 2.30. The second-order valence-corrected chi connectivity index (χ2v) is 10.2. The van der Waals surface area contributed by atoms with Crippen molar-refractivity contribution in [3.05, 3.63) is 90.2 Å². The lowest BCUT2D eigenvalue weighted by molar-refractivity contribution is -0.921. The van der Waals surface area contributed by atoms with Crippen LogP contribution in [0.1, 0.15) is 60.3 Å². The van der Waals surface area contributed by atoms with Crippen molar-refractivity contribution in [2.75, 3.05) is 26.2 Å². The molecule has 0 heterocycles. The molecule has 0 aliphatic carbocycles. The first-order valence-corrected chi connectivity index (χ1v) is 14.1. The molecule has 0 spiro atoms. The van der Waals surface area contributed by atoms with Gasteiger partial charge < -0.3 is 4.48 Å². The third kappa shape index (κ3) is 7.98. The van der Waals surface area contributed by atoms with Crippen molar-refractivity contribution in [3.8, 4) is 0 Å². The first-order valence-electron chi connectivity index (χ1n) is 14.1. The molecular weight excluding hydrogens is 466 g/mol. The molecule has 0 aliphatic heterocycles. The summed E-state index contributed by atoms with van der Waals surface area (Å²) in [5.74, 6) is -1.03. The van der Waals surface area contributed by atoms with Crippen molar-refractivity contribution in [2.45, 2.75) is 66.6 Å². The molecule has 3 rings (SSSR count). The third-order valence-electron chi connectivity index (χ3n) is 8.43. The van der Waals surface area contributed by atoms with Crippen LogP contribution in [0, 0.1) is 17.5 Å². The van der Waals surface area contributed by atoms with Crippen LogP contribution in [0.15, 0.2) is 72.8 Å². The van der Waals surface area contributed by atoms with Crippen molar-refractivity contribution in [2.24, 2.45) is 0 Å². The number of rotatable bonds is 12. The Kier molecular flexibility index (Phi) is 12.5. The van der Waals surface area contributed by atoms with E-state index in [2.05, 4.69) is 34.6 Å². The molecule has 202 valence electrons. The SMILES string of the molecule is CCCCCC[B-](c1cccc(F)c1)(c1cccc(F)c1)c1cccc(F)c1.CC[N+](CC)(CC)CC. The second kappa shape index (κ2) is 15.0. The van der Waals surface area contributed by atoms with Crippen LogP contribution < -0.4 is 16.4 Å². The molecule has 0 aliphatic rings. The van der Waals surface area contributed by atoms with E-state index in [9.17, 15) is 13.2 Å². The van der Waals surface area contributed by atoms with Gasteiger partial charge in [-0.3, -0.25) is 0 Å². The zero-order chi connectivity index (χ0) is 27.3. The Morgan fingerprint density at radius 1 is 0.541 bits per heavy atom. The highest BCUT2D eigenvalue weighted by Crippen LogP contribution is 2.19. The fraction of sp³-hybridized carbons (Fsp3) is 0.438. The van der Waals surface area contributed by atoms with Crippen molar-refractivity contribution < 1.29 is 17.7 Å². The van der Waals surface area contributed by atoms with Crippen LogP contribution in [-0.2, 0) is 0 Å². The van der Waals surface area contributed by atoms with Gasteiger partial charge in [0, 0.05) is 0 Å². The van der Waals surface area contributed by atoms with Crippen LogP contribution in [0.5, 0.6) is 0 Å². The van der Waals surface area contributed by atoms with Gasteiger partial charge in [-0.25, -0.2) is 13.2 Å². The van der Waals surface area contributed by atoms with Gasteiger partial charge in [0.05, 0.1) is 32.3 Å². The number of unbranched alkanes of at least 4 members (excludes halogenated alkanes) is 3. The summed E-state index contributed by atoms with van der Waals surface area (Å²) >= 11 is 0. The van der Waals surface area contributed by atoms with Gasteiger partial charge in [0.2, 0.25) is 0 Å². The van der Waals surface area contributed by atoms with Crippen LogP contribution in [0.25, 0.3) is 0 Å². The van der Waals surface area contributed by atoms with Crippen LogP contribution >= 0.6 is 0 Å². The van der Waals surface area contributed by atoms with E-state index in [1.807, 2.05) is 18.2 Å². The van der Waals surface area contributed by atoms with E-state index >= 15 is 0 Å². The van der Waals surface area contributed by atoms with E-state index < -0.39 is 6.15 Å². The van der Waals surface area contributed by atoms with Crippen molar-refractivity contribution in [1.82, 2.24) is 0 Å². The van der Waals surface area contributed by atoms with Crippen molar-refractivity contribution >= 4 is 22.5 Å². The molecule has 0 amide bonds. The Bertz CT molecular complexity index is 952. The standard InChI is InChI=1S/C24H25BF3.C8H20N/c1-2-3-4-5-15-25(19-9-6-12-22(26)16-19,20-10-7-13-23(27)17-20)21-11-8-14-24(28)18-21;1-5-9(6-2,7-3)8-4/h6-14,16-18H,2-5,15H2,1H3;5-8H2,1-4H3/q-1;+1. The Labute approximate surface area is 223 Å². The maximum absolute atomic E-state index is 14.2. The maximum Gasteiger partial charge on any atom is 0.120 e. The lowest BCUT2D eigenvalue weighted by Crippen LogP contribution is -2.67. The summed E-state index contributed by atoms with van der Waals surface area (Å²) < 4.78 is 43.9. The van der Waals surface area contributed by atoms with E-state index in [-0.39, 0.29) is 17.5 Å². The van der Waals surface area contributed by atoms with Crippen molar-refractivity contribution in [1.29, 1.82) is 0 Å². The third-order valence-corrected chi connectivity index (χ3v) is 8.43. The lowest BCUT2D eigenvalue weighted by atomic mass is 9.14. The predicted octanol–water partition coefficient (Wildman–Crippen LogP) is 7.04. The Morgan fingerprint density at radius 2 is 0.919 bits per heavy atom. The molecule has 5 heteroatoms. The lowest BCUT2D eigenvalue weighted by Gasteiger charge is -2.43. The first-order chi connectivity index (χ1) is 17.8. The van der Waals surface area contributed by atoms with Crippen LogP contribution in [0.2, 0.25) is 6.32 Å². The zero-order valence-corrected chi connectivity index (χ0v) is 23.5. The number of halogens is 3. The minimum absolute atomic E-state index is 0.342. The molecule has 0 atom stereocenters. The largest absolute Gasteiger partial charge is 0.325 e. The summed E-state index contributed by atoms with van der Waals surface area (Å²) in [7, 11) is 0. The van der Waals surface area contributed by atoms with Crippen LogP contribution in [-0.4, -0.2) is 36.8 Å². The summed E-state index contributed by atoms with van der Waals surface area (Å²) in [5, 5.41) is 0. The van der Waals surface area contributed by atoms with Gasteiger partial charge in [0.15, 0.2) is 0 Å². The van der Waals surface area contributed by atoms with Crippen LogP contribution in [0.4, 0.5) is 13.2 Å². The summed E-state index contributed by atoms with van der Waals surface area (Å²) in [6.45, 7) is 16.4. The number of benzene rings is 3. The number of hydrogen-bond acceptors (Lipinski definition) is 0. The fourth-order valence-corrected chi connectivity index (χ4v) is 5.74. The van der Waals surface area contributed by atoms with Gasteiger partial charge in [0.1, 0.15) is 17.5 Å². The number of nitrogens with zero attached hydrogens (tertiary/aromatic N) is 1. The first kappa shape index (κ1) is 30.7.